The quantitative estimate of drug-likeness (QED) is 0.726. The van der Waals surface area contributed by atoms with Crippen molar-refractivity contribution in [1.82, 2.24) is 10.2 Å². The van der Waals surface area contributed by atoms with Crippen LogP contribution in [0.1, 0.15) is 36.0 Å². The second-order valence-electron chi connectivity index (χ2n) is 6.78. The van der Waals surface area contributed by atoms with Crippen LogP contribution in [-0.4, -0.2) is 66.7 Å². The molecule has 2 saturated heterocycles. The Morgan fingerprint density at radius 3 is 2.64 bits per heavy atom. The number of piperidine rings is 1. The van der Waals surface area contributed by atoms with Gasteiger partial charge in [0.15, 0.2) is 0 Å². The molecule has 2 fully saturated rings. The molecular weight excluding hydrogens is 336 g/mol. The van der Waals surface area contributed by atoms with Crippen LogP contribution in [0.4, 0.5) is 0 Å². The van der Waals surface area contributed by atoms with Crippen molar-refractivity contribution in [2.45, 2.75) is 42.7 Å². The van der Waals surface area contributed by atoms with Crippen LogP contribution in [0.3, 0.4) is 0 Å². The number of hydrogen-bond acceptors (Lipinski definition) is 5. The van der Waals surface area contributed by atoms with E-state index < -0.39 is 0 Å². The number of rotatable bonds is 7. The van der Waals surface area contributed by atoms with Gasteiger partial charge in [-0.2, -0.15) is 0 Å². The van der Waals surface area contributed by atoms with Gasteiger partial charge in [0.2, 0.25) is 0 Å². The van der Waals surface area contributed by atoms with Crippen LogP contribution < -0.4 is 5.32 Å². The van der Waals surface area contributed by atoms with Crippen molar-refractivity contribution in [3.63, 3.8) is 0 Å². The summed E-state index contributed by atoms with van der Waals surface area (Å²) in [4.78, 5) is 15.9. The maximum Gasteiger partial charge on any atom is 0.251 e. The van der Waals surface area contributed by atoms with Gasteiger partial charge in [0, 0.05) is 48.5 Å². The summed E-state index contributed by atoms with van der Waals surface area (Å²) in [5.74, 6) is 0.687. The van der Waals surface area contributed by atoms with Gasteiger partial charge in [0.25, 0.3) is 5.91 Å². The molecule has 2 heterocycles. The minimum Gasteiger partial charge on any atom is -0.396 e. The molecule has 0 saturated carbocycles. The molecule has 1 unspecified atom stereocenters. The van der Waals surface area contributed by atoms with Crippen molar-refractivity contribution in [1.29, 1.82) is 0 Å². The Kier molecular flexibility index (Phi) is 7.16. The van der Waals surface area contributed by atoms with Gasteiger partial charge < -0.3 is 20.1 Å². The number of amides is 1. The molecule has 0 spiro atoms. The van der Waals surface area contributed by atoms with E-state index in [-0.39, 0.29) is 18.6 Å². The van der Waals surface area contributed by atoms with Gasteiger partial charge in [-0.05, 0) is 49.9 Å². The number of nitrogens with zero attached hydrogens (tertiary/aromatic N) is 1. The van der Waals surface area contributed by atoms with E-state index in [2.05, 4.69) is 10.2 Å². The van der Waals surface area contributed by atoms with Crippen LogP contribution in [0.2, 0.25) is 0 Å². The highest BCUT2D eigenvalue weighted by molar-refractivity contribution is 7.99. The molecule has 1 aromatic rings. The predicted molar refractivity (Wildman–Crippen MR) is 100 cm³/mol. The molecule has 0 bridgehead atoms. The Bertz CT molecular complexity index is 538. The maximum atomic E-state index is 12.4. The van der Waals surface area contributed by atoms with Crippen molar-refractivity contribution in [2.24, 2.45) is 0 Å². The standard InChI is InChI=1S/C19H28N2O3S/c22-11-13-25-18-5-3-15(4-6-18)19(23)20-16-7-9-21(10-8-16)14-17-2-1-12-24-17/h3-6,16-17,22H,1-2,7-14H2,(H,20,23). The number of carbonyl (C=O) groups is 1. The minimum absolute atomic E-state index is 0.0104. The molecule has 0 aromatic heterocycles. The van der Waals surface area contributed by atoms with E-state index in [1.165, 1.54) is 12.8 Å². The average molecular weight is 365 g/mol. The number of hydrogen-bond donors (Lipinski definition) is 2. The second kappa shape index (κ2) is 9.57. The first-order valence-electron chi connectivity index (χ1n) is 9.23. The highest BCUT2D eigenvalue weighted by Crippen LogP contribution is 2.19. The number of ether oxygens (including phenoxy) is 1. The summed E-state index contributed by atoms with van der Waals surface area (Å²) in [6.07, 6.45) is 4.79. The number of thioether (sulfide) groups is 1. The average Bonchev–Trinajstić information content (AvgIpc) is 3.15. The lowest BCUT2D eigenvalue weighted by molar-refractivity contribution is 0.0613. The van der Waals surface area contributed by atoms with Crippen molar-refractivity contribution >= 4 is 17.7 Å². The molecule has 2 N–H and O–H groups in total. The third-order valence-electron chi connectivity index (χ3n) is 4.89. The molecule has 2 aliphatic heterocycles. The molecule has 138 valence electrons. The highest BCUT2D eigenvalue weighted by Gasteiger charge is 2.24. The fourth-order valence-electron chi connectivity index (χ4n) is 3.47. The zero-order chi connectivity index (χ0) is 17.5. The normalized spacial score (nSPS) is 22.2. The summed E-state index contributed by atoms with van der Waals surface area (Å²) in [5, 5.41) is 12.0. The van der Waals surface area contributed by atoms with Crippen molar-refractivity contribution in [3.05, 3.63) is 29.8 Å². The monoisotopic (exact) mass is 364 g/mol. The van der Waals surface area contributed by atoms with Crippen LogP contribution in [0.15, 0.2) is 29.2 Å². The Hall–Kier alpha value is -1.08. The van der Waals surface area contributed by atoms with Gasteiger partial charge in [-0.1, -0.05) is 0 Å². The molecule has 1 amide bonds. The van der Waals surface area contributed by atoms with Crippen LogP contribution in [-0.2, 0) is 4.74 Å². The third-order valence-corrected chi connectivity index (χ3v) is 5.88. The van der Waals surface area contributed by atoms with Gasteiger partial charge in [-0.3, -0.25) is 4.79 Å². The molecule has 1 aromatic carbocycles. The Morgan fingerprint density at radius 2 is 2.00 bits per heavy atom. The predicted octanol–water partition coefficient (Wildman–Crippen LogP) is 2.14. The summed E-state index contributed by atoms with van der Waals surface area (Å²) in [6, 6.07) is 7.87. The first kappa shape index (κ1) is 18.7. The van der Waals surface area contributed by atoms with Crippen molar-refractivity contribution in [2.75, 3.05) is 38.6 Å². The molecule has 25 heavy (non-hydrogen) atoms. The van der Waals surface area contributed by atoms with Crippen molar-refractivity contribution in [3.8, 4) is 0 Å². The van der Waals surface area contributed by atoms with Gasteiger partial charge >= 0.3 is 0 Å². The zero-order valence-electron chi connectivity index (χ0n) is 14.7. The molecule has 0 radical (unpaired) electrons. The van der Waals surface area contributed by atoms with Crippen LogP contribution in [0, 0.1) is 0 Å². The number of likely N-dealkylation sites (tertiary alicyclic amines) is 1. The molecule has 6 heteroatoms. The van der Waals surface area contributed by atoms with E-state index in [4.69, 9.17) is 9.84 Å². The van der Waals surface area contributed by atoms with E-state index in [0.29, 0.717) is 17.4 Å². The lowest BCUT2D eigenvalue weighted by Gasteiger charge is -2.33. The SMILES string of the molecule is O=C(NC1CCN(CC2CCCO2)CC1)c1ccc(SCCO)cc1. The second-order valence-corrected chi connectivity index (χ2v) is 7.95. The smallest absolute Gasteiger partial charge is 0.251 e. The number of aliphatic hydroxyl groups excluding tert-OH is 1. The van der Waals surface area contributed by atoms with E-state index in [1.54, 1.807) is 11.8 Å². The molecule has 1 atom stereocenters. The lowest BCUT2D eigenvalue weighted by atomic mass is 10.0. The van der Waals surface area contributed by atoms with E-state index in [1.807, 2.05) is 24.3 Å². The number of carbonyl (C=O) groups excluding carboxylic acids is 1. The lowest BCUT2D eigenvalue weighted by Crippen LogP contribution is -2.46. The van der Waals surface area contributed by atoms with Crippen molar-refractivity contribution < 1.29 is 14.6 Å². The van der Waals surface area contributed by atoms with Crippen LogP contribution in [0.25, 0.3) is 0 Å². The Morgan fingerprint density at radius 1 is 1.24 bits per heavy atom. The van der Waals surface area contributed by atoms with Crippen LogP contribution in [0.5, 0.6) is 0 Å². The Balaban J connectivity index is 1.41. The van der Waals surface area contributed by atoms with Gasteiger partial charge in [-0.25, -0.2) is 0 Å². The van der Waals surface area contributed by atoms with Gasteiger partial charge in [0.05, 0.1) is 12.7 Å². The molecule has 5 nitrogen and oxygen atoms in total. The molecule has 3 rings (SSSR count). The summed E-state index contributed by atoms with van der Waals surface area (Å²) in [6.45, 7) is 4.17. The largest absolute Gasteiger partial charge is 0.396 e. The fourth-order valence-corrected chi connectivity index (χ4v) is 4.13. The fraction of sp³-hybridized carbons (Fsp3) is 0.632. The Labute approximate surface area is 154 Å². The van der Waals surface area contributed by atoms with Gasteiger partial charge in [-0.15, -0.1) is 11.8 Å². The first-order valence-corrected chi connectivity index (χ1v) is 10.2. The molecule has 2 aliphatic rings. The third kappa shape index (κ3) is 5.71. The van der Waals surface area contributed by atoms with E-state index >= 15 is 0 Å². The molecule has 0 aliphatic carbocycles. The number of aliphatic hydroxyl groups is 1. The molecular formula is C19H28N2O3S. The minimum atomic E-state index is 0.0104. The summed E-state index contributed by atoms with van der Waals surface area (Å²) < 4.78 is 5.71. The number of nitrogens with one attached hydrogen (secondary N) is 1. The summed E-state index contributed by atoms with van der Waals surface area (Å²) >= 11 is 1.59. The van der Waals surface area contributed by atoms with E-state index in [9.17, 15) is 4.79 Å². The highest BCUT2D eigenvalue weighted by atomic mass is 32.2. The summed E-state index contributed by atoms with van der Waals surface area (Å²) in [7, 11) is 0. The zero-order valence-corrected chi connectivity index (χ0v) is 15.5. The topological polar surface area (TPSA) is 61.8 Å². The summed E-state index contributed by atoms with van der Waals surface area (Å²) in [5.41, 5.74) is 0.704. The van der Waals surface area contributed by atoms with Crippen LogP contribution >= 0.6 is 11.8 Å². The number of benzene rings is 1. The van der Waals surface area contributed by atoms with Gasteiger partial charge in [0.1, 0.15) is 0 Å². The maximum absolute atomic E-state index is 12.4. The van der Waals surface area contributed by atoms with E-state index in [0.717, 1.165) is 44.0 Å². The first-order chi connectivity index (χ1) is 12.2.